The molecule has 0 N–H and O–H groups in total. The Bertz CT molecular complexity index is 7290. The summed E-state index contributed by atoms with van der Waals surface area (Å²) in [5.41, 5.74) is 44.1. The molecule has 3 nitrogen and oxygen atoms in total. The topological polar surface area (TPSA) is 9.72 Å². The lowest BCUT2D eigenvalue weighted by atomic mass is 9.41. The Balaban J connectivity index is 0.000000119. The third-order valence-corrected chi connectivity index (χ3v) is 38.5. The molecule has 6 atom stereocenters. The average Bonchev–Trinajstić information content (AvgIpc) is 1.35. The molecule has 12 bridgehead atoms. The maximum absolute atomic E-state index is 4.02. The molecule has 6 unspecified atom stereocenters. The molecule has 29 rings (SSSR count). The maximum Gasteiger partial charge on any atom is 0.0493 e. The minimum atomic E-state index is -0.0230. The smallest absolute Gasteiger partial charge is 0.0493 e. The van der Waals surface area contributed by atoms with Gasteiger partial charge in [-0.2, -0.15) is 0 Å². The normalized spacial score (nSPS) is 24.8. The summed E-state index contributed by atoms with van der Waals surface area (Å²) in [5.74, 6) is 5.02. The number of benzene rings is 15. The van der Waals surface area contributed by atoms with Crippen molar-refractivity contribution >= 4 is 80.2 Å². The van der Waals surface area contributed by atoms with Crippen LogP contribution in [0.15, 0.2) is 353 Å². The van der Waals surface area contributed by atoms with Gasteiger partial charge in [-0.1, -0.05) is 310 Å². The van der Waals surface area contributed by atoms with Crippen molar-refractivity contribution in [2.75, 3.05) is 14.7 Å². The van der Waals surface area contributed by atoms with Crippen LogP contribution < -0.4 is 14.7 Å². The van der Waals surface area contributed by atoms with E-state index in [4.69, 9.17) is 0 Å². The van der Waals surface area contributed by atoms with Crippen molar-refractivity contribution in [2.45, 2.75) is 273 Å². The van der Waals surface area contributed by atoms with Gasteiger partial charge in [0, 0.05) is 56.6 Å². The Kier molecular flexibility index (Phi) is 25.3. The lowest BCUT2D eigenvalue weighted by Gasteiger charge is -2.63. The molecule has 0 radical (unpaired) electrons. The molecular formula is C143H149N3. The Labute approximate surface area is 872 Å². The van der Waals surface area contributed by atoms with Crippen LogP contribution in [0.2, 0.25) is 0 Å². The van der Waals surface area contributed by atoms with E-state index >= 15 is 0 Å². The van der Waals surface area contributed by atoms with Gasteiger partial charge in [-0.3, -0.25) is 0 Å². The highest BCUT2D eigenvalue weighted by Crippen LogP contribution is 2.70. The van der Waals surface area contributed by atoms with Gasteiger partial charge in [-0.15, -0.1) is 0 Å². The van der Waals surface area contributed by atoms with Crippen molar-refractivity contribution in [1.82, 2.24) is 0 Å². The molecule has 14 aliphatic rings. The molecule has 14 aliphatic carbocycles. The van der Waals surface area contributed by atoms with E-state index in [1.165, 1.54) is 318 Å². The second-order valence-electron chi connectivity index (χ2n) is 48.4. The van der Waals surface area contributed by atoms with Crippen molar-refractivity contribution in [2.24, 2.45) is 35.5 Å². The number of hydrogen-bond acceptors (Lipinski definition) is 3. The summed E-state index contributed by atoms with van der Waals surface area (Å²) in [4.78, 5) is 7.45. The van der Waals surface area contributed by atoms with Crippen LogP contribution in [-0.4, -0.2) is 0 Å². The van der Waals surface area contributed by atoms with Crippen LogP contribution in [0.5, 0.6) is 0 Å². The lowest BCUT2D eigenvalue weighted by molar-refractivity contribution is -0.0282. The summed E-state index contributed by atoms with van der Waals surface area (Å²) >= 11 is 0. The average molecular weight is 1910 g/mol. The highest BCUT2D eigenvalue weighted by atomic mass is 15.2. The van der Waals surface area contributed by atoms with E-state index in [1.54, 1.807) is 33.4 Å². The second-order valence-corrected chi connectivity index (χ2v) is 48.4. The Hall–Kier alpha value is -12.8. The molecule has 12 saturated carbocycles. The third kappa shape index (κ3) is 17.6. The minimum absolute atomic E-state index is 0.0230. The van der Waals surface area contributed by atoms with E-state index < -0.39 is 0 Å². The van der Waals surface area contributed by atoms with Crippen molar-refractivity contribution in [1.29, 1.82) is 0 Å². The van der Waals surface area contributed by atoms with E-state index in [1.807, 2.05) is 18.2 Å². The van der Waals surface area contributed by atoms with Gasteiger partial charge in [-0.25, -0.2) is 0 Å². The fraction of sp³-hybridized carbons (Fsp3) is 0.343. The van der Waals surface area contributed by atoms with Gasteiger partial charge in [0.2, 0.25) is 0 Å². The quantitative estimate of drug-likeness (QED) is 0.0484. The first-order chi connectivity index (χ1) is 71.2. The van der Waals surface area contributed by atoms with Crippen molar-refractivity contribution in [3.8, 4) is 22.3 Å². The van der Waals surface area contributed by atoms with E-state index in [-0.39, 0.29) is 16.2 Å². The summed E-state index contributed by atoms with van der Waals surface area (Å²) in [6.07, 6.45) is 43.6. The molecule has 0 aromatic heterocycles. The predicted octanol–water partition coefficient (Wildman–Crippen LogP) is 38.6. The van der Waals surface area contributed by atoms with Gasteiger partial charge in [0.15, 0.2) is 0 Å². The lowest BCUT2D eigenvalue weighted by Crippen LogP contribution is -2.55. The highest BCUT2D eigenvalue weighted by Gasteiger charge is 2.62. The first-order valence-corrected chi connectivity index (χ1v) is 56.4. The van der Waals surface area contributed by atoms with Crippen LogP contribution in [-0.2, 0) is 70.0 Å². The molecule has 15 aromatic rings. The van der Waals surface area contributed by atoms with Crippen LogP contribution in [0.3, 0.4) is 0 Å². The standard InChI is InChI=1S/C57H59N.C44H45N.C42H45N/c1-7-9-12-41-17-24-47(25-18-41)58(54-30-38(3)51(29-39(54)4)44-19-28-50-49-13-10-11-14-52(49)55(5,6)53(50)32-44)48-26-22-46(23-27-48)57-35-42-31-43(36-57)34-56(33-42,37-57)45-20-15-40(8-2)16-21-45;1-3-5-8-33-13-20-40(21-14-33)45(42-22-15-36-9-6-7-10-37(36)26-42)41-23-18-39(19-24-41)44-29-34-25-35(30-44)28-43(27-34,31-44)38-16-11-32(4-2)12-17-38;1-3-5-6-31-9-18-38(19-10-31)43(40-20-13-34-11-12-35(34)24-40)39-21-16-37(17-22-39)42-27-32-23-33(28-42)26-41(25-32,29-42)36-14-7-30(4-2)8-15-36/h8,10-11,13-30,32,42-43H,2,7,9,12,31,33-37H2,1,3-6H3;4,6-7,9-24,26,34-35H,2-3,5,8,25,27-31H2,1H3;4,7-10,13-22,24,32-33H,2-3,5-6,11-12,23,25-29H2,1H3. The monoisotopic (exact) mass is 1910 g/mol. The van der Waals surface area contributed by atoms with Crippen LogP contribution >= 0.6 is 0 Å². The Morgan fingerprint density at radius 1 is 0.274 bits per heavy atom. The second kappa shape index (κ2) is 38.8. The molecule has 146 heavy (non-hydrogen) atoms. The third-order valence-electron chi connectivity index (χ3n) is 38.5. The van der Waals surface area contributed by atoms with Crippen LogP contribution in [0.25, 0.3) is 51.3 Å². The van der Waals surface area contributed by atoms with Crippen molar-refractivity contribution in [3.05, 3.63) is 454 Å². The summed E-state index contributed by atoms with van der Waals surface area (Å²) in [7, 11) is 0. The zero-order chi connectivity index (χ0) is 99.3. The summed E-state index contributed by atoms with van der Waals surface area (Å²) in [6, 6.07) is 129. The van der Waals surface area contributed by atoms with Gasteiger partial charge in [0.1, 0.15) is 0 Å². The highest BCUT2D eigenvalue weighted by molar-refractivity contribution is 5.91. The zero-order valence-electron chi connectivity index (χ0n) is 87.9. The minimum Gasteiger partial charge on any atom is -0.310 e. The SMILES string of the molecule is C=Cc1ccc(C23CC4CC(C2)CC(c2ccc(N(c5ccc(CCCC)cc5)c5cc(C)c(-c6ccc7c(c6)C(C)(C)c6ccccc6-7)cc5C)cc2)(C4)C3)cc1.C=Cc1ccc(C23CC4CC(C2)CC(c2ccc(N(c5ccc(CCCC)cc5)c5ccc6c(c5)CC6)cc2)(C4)C3)cc1.C=Cc1ccc(C23CC4CC(C2)CC(c2ccc(N(c5ccc(CCCC)cc5)c5ccc6ccccc6c5)cc2)(C4)C3)cc1. The molecule has 15 aromatic carbocycles. The van der Waals surface area contributed by atoms with Gasteiger partial charge >= 0.3 is 0 Å². The number of unbranched alkanes of at least 4 members (excludes halogenated alkanes) is 3. The summed E-state index contributed by atoms with van der Waals surface area (Å²) in [6.45, 7) is 28.2. The molecule has 12 fully saturated rings. The summed E-state index contributed by atoms with van der Waals surface area (Å²) in [5, 5.41) is 2.55. The molecule has 3 heteroatoms. The zero-order valence-corrected chi connectivity index (χ0v) is 87.9. The fourth-order valence-corrected chi connectivity index (χ4v) is 32.4. The van der Waals surface area contributed by atoms with E-state index in [0.29, 0.717) is 21.7 Å². The molecular weight excluding hydrogens is 1760 g/mol. The van der Waals surface area contributed by atoms with E-state index in [2.05, 4.69) is 417 Å². The Morgan fingerprint density at radius 2 is 0.596 bits per heavy atom. The molecule has 0 aliphatic heterocycles. The number of nitrogens with zero attached hydrogens (tertiary/aromatic N) is 3. The van der Waals surface area contributed by atoms with E-state index in [0.717, 1.165) is 54.8 Å². The number of aryl methyl sites for hydroxylation is 7. The molecule has 0 saturated heterocycles. The molecule has 0 amide bonds. The first-order valence-electron chi connectivity index (χ1n) is 56.4. The van der Waals surface area contributed by atoms with E-state index in [9.17, 15) is 0 Å². The molecule has 0 spiro atoms. The Morgan fingerprint density at radius 3 is 0.959 bits per heavy atom. The van der Waals surface area contributed by atoms with Gasteiger partial charge in [-0.05, 0) is 497 Å². The number of anilines is 9. The van der Waals surface area contributed by atoms with Gasteiger partial charge < -0.3 is 14.7 Å². The number of rotatable bonds is 28. The largest absolute Gasteiger partial charge is 0.310 e. The van der Waals surface area contributed by atoms with Crippen molar-refractivity contribution in [3.63, 3.8) is 0 Å². The van der Waals surface area contributed by atoms with Crippen LogP contribution in [0, 0.1) is 49.4 Å². The van der Waals surface area contributed by atoms with Gasteiger partial charge in [0.05, 0.1) is 0 Å². The summed E-state index contributed by atoms with van der Waals surface area (Å²) < 4.78 is 0. The number of fused-ring (bicyclic) bond motifs is 5. The molecule has 0 heterocycles. The fourth-order valence-electron chi connectivity index (χ4n) is 32.4. The molecule has 736 valence electrons. The van der Waals surface area contributed by atoms with Crippen LogP contribution in [0.1, 0.15) is 289 Å². The van der Waals surface area contributed by atoms with Crippen molar-refractivity contribution < 1.29 is 0 Å². The number of hydrogen-bond donors (Lipinski definition) is 0. The maximum atomic E-state index is 4.02. The predicted molar refractivity (Wildman–Crippen MR) is 620 cm³/mol. The van der Waals surface area contributed by atoms with Crippen LogP contribution in [0.4, 0.5) is 51.2 Å². The van der Waals surface area contributed by atoms with Gasteiger partial charge in [0.25, 0.3) is 0 Å². The first kappa shape index (κ1) is 95.4.